The fraction of sp³-hybridized carbons (Fsp3) is 0.455. The molecule has 1 aliphatic carbocycles. The lowest BCUT2D eigenvalue weighted by molar-refractivity contribution is 0.638. The molecule has 76 valence electrons. The average molecular weight is 275 g/mol. The first-order chi connectivity index (χ1) is 6.74. The molecule has 0 bridgehead atoms. The van der Waals surface area contributed by atoms with Crippen LogP contribution in [-0.4, -0.2) is 6.54 Å². The topological polar surface area (TPSA) is 12.0 Å². The van der Waals surface area contributed by atoms with E-state index in [0.717, 1.165) is 28.5 Å². The Labute approximate surface area is 98.0 Å². The van der Waals surface area contributed by atoms with Crippen molar-refractivity contribution in [2.75, 3.05) is 6.54 Å². The number of halogens is 2. The van der Waals surface area contributed by atoms with Gasteiger partial charge in [0.05, 0.1) is 0 Å². The number of rotatable bonds is 4. The second-order valence-corrected chi connectivity index (χ2v) is 5.20. The van der Waals surface area contributed by atoms with Gasteiger partial charge in [-0.2, -0.15) is 0 Å². The van der Waals surface area contributed by atoms with Crippen LogP contribution in [0.2, 0.25) is 5.02 Å². The van der Waals surface area contributed by atoms with Crippen LogP contribution in [0.3, 0.4) is 0 Å². The minimum atomic E-state index is 0.794. The number of nitrogens with one attached hydrogen (secondary N) is 1. The lowest BCUT2D eigenvalue weighted by atomic mass is 10.2. The van der Waals surface area contributed by atoms with Crippen molar-refractivity contribution in [3.05, 3.63) is 33.3 Å². The highest BCUT2D eigenvalue weighted by Gasteiger charge is 2.20. The Kier molecular flexibility index (Phi) is 3.47. The second-order valence-electron chi connectivity index (χ2n) is 3.85. The van der Waals surface area contributed by atoms with E-state index in [0.29, 0.717) is 0 Å². The predicted molar refractivity (Wildman–Crippen MR) is 63.6 cm³/mol. The van der Waals surface area contributed by atoms with Gasteiger partial charge in [0, 0.05) is 16.0 Å². The van der Waals surface area contributed by atoms with E-state index >= 15 is 0 Å². The molecule has 0 radical (unpaired) electrons. The van der Waals surface area contributed by atoms with Gasteiger partial charge in [-0.05, 0) is 49.1 Å². The molecule has 3 heteroatoms. The van der Waals surface area contributed by atoms with Gasteiger partial charge in [-0.15, -0.1) is 0 Å². The molecule has 2 rings (SSSR count). The summed E-state index contributed by atoms with van der Waals surface area (Å²) in [5.41, 5.74) is 1.24. The number of hydrogen-bond acceptors (Lipinski definition) is 1. The molecule has 1 saturated carbocycles. The summed E-state index contributed by atoms with van der Waals surface area (Å²) in [7, 11) is 0. The zero-order chi connectivity index (χ0) is 9.97. The summed E-state index contributed by atoms with van der Waals surface area (Å²) in [6.45, 7) is 2.06. The SMILES string of the molecule is Clc1cc(Br)cc(CNCC2CC2)c1. The molecule has 1 N–H and O–H groups in total. The fourth-order valence-corrected chi connectivity index (χ4v) is 2.39. The molecule has 0 amide bonds. The fourth-order valence-electron chi connectivity index (χ4n) is 1.46. The largest absolute Gasteiger partial charge is 0.312 e. The maximum Gasteiger partial charge on any atom is 0.0420 e. The number of hydrogen-bond donors (Lipinski definition) is 1. The van der Waals surface area contributed by atoms with E-state index in [2.05, 4.69) is 27.3 Å². The second kappa shape index (κ2) is 4.65. The highest BCUT2D eigenvalue weighted by Crippen LogP contribution is 2.27. The van der Waals surface area contributed by atoms with E-state index in [4.69, 9.17) is 11.6 Å². The van der Waals surface area contributed by atoms with Crippen LogP contribution in [-0.2, 0) is 6.54 Å². The van der Waals surface area contributed by atoms with Crippen LogP contribution in [0.25, 0.3) is 0 Å². The highest BCUT2D eigenvalue weighted by molar-refractivity contribution is 9.10. The average Bonchev–Trinajstić information content (AvgIpc) is 2.86. The maximum absolute atomic E-state index is 5.95. The lowest BCUT2D eigenvalue weighted by Gasteiger charge is -2.05. The van der Waals surface area contributed by atoms with Crippen molar-refractivity contribution in [1.82, 2.24) is 5.32 Å². The Hall–Kier alpha value is -0.0500. The Morgan fingerprint density at radius 2 is 2.14 bits per heavy atom. The first-order valence-electron chi connectivity index (χ1n) is 4.90. The monoisotopic (exact) mass is 273 g/mol. The van der Waals surface area contributed by atoms with Crippen molar-refractivity contribution < 1.29 is 0 Å². The molecule has 14 heavy (non-hydrogen) atoms. The lowest BCUT2D eigenvalue weighted by Crippen LogP contribution is -2.15. The van der Waals surface area contributed by atoms with Crippen molar-refractivity contribution in [2.24, 2.45) is 5.92 Å². The molecule has 0 saturated heterocycles. The van der Waals surface area contributed by atoms with Crippen molar-refractivity contribution >= 4 is 27.5 Å². The minimum absolute atomic E-state index is 0.794. The molecule has 0 spiro atoms. The molecule has 0 atom stereocenters. The molecule has 1 fully saturated rings. The van der Waals surface area contributed by atoms with Crippen LogP contribution in [0.15, 0.2) is 22.7 Å². The van der Waals surface area contributed by atoms with Gasteiger partial charge in [-0.3, -0.25) is 0 Å². The molecule has 1 aromatic carbocycles. The molecule has 1 aromatic rings. The molecule has 0 aliphatic heterocycles. The molecule has 0 heterocycles. The standard InChI is InChI=1S/C11H13BrClN/c12-10-3-9(4-11(13)5-10)7-14-6-8-1-2-8/h3-5,8,14H,1-2,6-7H2. The van der Waals surface area contributed by atoms with Gasteiger partial charge in [-0.1, -0.05) is 27.5 Å². The van der Waals surface area contributed by atoms with Crippen molar-refractivity contribution in [3.8, 4) is 0 Å². The Bertz CT molecular complexity index is 303. The van der Waals surface area contributed by atoms with Gasteiger partial charge in [0.1, 0.15) is 0 Å². The third-order valence-electron chi connectivity index (χ3n) is 2.38. The molecular formula is C11H13BrClN. The van der Waals surface area contributed by atoms with Crippen LogP contribution in [0.5, 0.6) is 0 Å². The minimum Gasteiger partial charge on any atom is -0.312 e. The van der Waals surface area contributed by atoms with Crippen LogP contribution >= 0.6 is 27.5 Å². The van der Waals surface area contributed by atoms with E-state index in [1.807, 2.05) is 12.1 Å². The normalized spacial score (nSPS) is 15.9. The van der Waals surface area contributed by atoms with Gasteiger partial charge >= 0.3 is 0 Å². The first kappa shape index (κ1) is 10.5. The molecule has 1 aliphatic rings. The van der Waals surface area contributed by atoms with E-state index in [9.17, 15) is 0 Å². The van der Waals surface area contributed by atoms with Crippen LogP contribution in [0.1, 0.15) is 18.4 Å². The molecule has 1 nitrogen and oxygen atoms in total. The third-order valence-corrected chi connectivity index (χ3v) is 3.06. The molecular weight excluding hydrogens is 261 g/mol. The van der Waals surface area contributed by atoms with Gasteiger partial charge in [0.25, 0.3) is 0 Å². The summed E-state index contributed by atoms with van der Waals surface area (Å²) in [6, 6.07) is 6.02. The predicted octanol–water partition coefficient (Wildman–Crippen LogP) is 3.60. The van der Waals surface area contributed by atoms with Crippen LogP contribution < -0.4 is 5.32 Å². The zero-order valence-electron chi connectivity index (χ0n) is 7.89. The van der Waals surface area contributed by atoms with Gasteiger partial charge in [0.15, 0.2) is 0 Å². The Balaban J connectivity index is 1.87. The Morgan fingerprint density at radius 3 is 2.79 bits per heavy atom. The van der Waals surface area contributed by atoms with Crippen molar-refractivity contribution in [2.45, 2.75) is 19.4 Å². The quantitative estimate of drug-likeness (QED) is 0.884. The first-order valence-corrected chi connectivity index (χ1v) is 6.07. The van der Waals surface area contributed by atoms with Gasteiger partial charge < -0.3 is 5.32 Å². The van der Waals surface area contributed by atoms with E-state index in [-0.39, 0.29) is 0 Å². The summed E-state index contributed by atoms with van der Waals surface area (Å²) in [5, 5.41) is 4.23. The van der Waals surface area contributed by atoms with Crippen molar-refractivity contribution in [3.63, 3.8) is 0 Å². The number of benzene rings is 1. The third kappa shape index (κ3) is 3.26. The van der Waals surface area contributed by atoms with Crippen LogP contribution in [0.4, 0.5) is 0 Å². The van der Waals surface area contributed by atoms with E-state index in [1.165, 1.54) is 18.4 Å². The zero-order valence-corrected chi connectivity index (χ0v) is 10.2. The van der Waals surface area contributed by atoms with Gasteiger partial charge in [0.2, 0.25) is 0 Å². The maximum atomic E-state index is 5.95. The summed E-state index contributed by atoms with van der Waals surface area (Å²) < 4.78 is 1.05. The molecule has 0 unspecified atom stereocenters. The summed E-state index contributed by atoms with van der Waals surface area (Å²) in [4.78, 5) is 0. The molecule has 0 aromatic heterocycles. The van der Waals surface area contributed by atoms with E-state index < -0.39 is 0 Å². The van der Waals surface area contributed by atoms with E-state index in [1.54, 1.807) is 0 Å². The summed E-state index contributed by atoms with van der Waals surface area (Å²) in [5.74, 6) is 0.928. The van der Waals surface area contributed by atoms with Crippen molar-refractivity contribution in [1.29, 1.82) is 0 Å². The highest BCUT2D eigenvalue weighted by atomic mass is 79.9. The summed E-state index contributed by atoms with van der Waals surface area (Å²) >= 11 is 9.38. The smallest absolute Gasteiger partial charge is 0.0420 e. The summed E-state index contributed by atoms with van der Waals surface area (Å²) in [6.07, 6.45) is 2.79. The van der Waals surface area contributed by atoms with Gasteiger partial charge in [-0.25, -0.2) is 0 Å². The Morgan fingerprint density at radius 1 is 1.36 bits per heavy atom. The van der Waals surface area contributed by atoms with Crippen LogP contribution in [0, 0.1) is 5.92 Å².